The lowest BCUT2D eigenvalue weighted by atomic mass is 9.93. The molecule has 0 radical (unpaired) electrons. The summed E-state index contributed by atoms with van der Waals surface area (Å²) in [5.74, 6) is 1.17. The Morgan fingerprint density at radius 3 is 2.34 bits per heavy atom. The smallest absolute Gasteiger partial charge is 0.314 e. The monoisotopic (exact) mass is 439 g/mol. The van der Waals surface area contributed by atoms with Gasteiger partial charge in [-0.3, -0.25) is 5.41 Å². The zero-order valence-electron chi connectivity index (χ0n) is 19.2. The minimum atomic E-state index is -0.238. The zero-order valence-corrected chi connectivity index (χ0v) is 19.2. The molecule has 0 spiro atoms. The van der Waals surface area contributed by atoms with Gasteiger partial charge in [0.05, 0.1) is 19.9 Å². The number of methoxy groups -OCH3 is 2. The van der Waals surface area contributed by atoms with Crippen molar-refractivity contribution >= 4 is 17.4 Å². The van der Waals surface area contributed by atoms with E-state index in [0.717, 1.165) is 42.9 Å². The van der Waals surface area contributed by atoms with Crippen LogP contribution in [-0.4, -0.2) is 65.2 Å². The van der Waals surface area contributed by atoms with Crippen molar-refractivity contribution in [3.63, 3.8) is 0 Å². The molecule has 3 rings (SSSR count). The van der Waals surface area contributed by atoms with Gasteiger partial charge in [-0.05, 0) is 43.2 Å². The fourth-order valence-electron chi connectivity index (χ4n) is 3.92. The summed E-state index contributed by atoms with van der Waals surface area (Å²) >= 11 is 0. The van der Waals surface area contributed by atoms with Crippen molar-refractivity contribution in [2.24, 2.45) is 0 Å². The van der Waals surface area contributed by atoms with Gasteiger partial charge in [-0.25, -0.2) is 4.79 Å². The van der Waals surface area contributed by atoms with E-state index in [-0.39, 0.29) is 12.1 Å². The van der Waals surface area contributed by atoms with Crippen molar-refractivity contribution in [3.8, 4) is 11.5 Å². The number of rotatable bonds is 8. The number of ether oxygens (including phenoxy) is 2. The van der Waals surface area contributed by atoms with Gasteiger partial charge in [0.15, 0.2) is 11.5 Å². The Bertz CT molecular complexity index is 939. The molecule has 0 unspecified atom stereocenters. The molecular weight excluding hydrogens is 406 g/mol. The number of hydrogen-bond acceptors (Lipinski definition) is 6. The second-order valence-corrected chi connectivity index (χ2v) is 7.85. The molecule has 0 saturated carbocycles. The van der Waals surface area contributed by atoms with Crippen molar-refractivity contribution in [1.29, 1.82) is 5.41 Å². The van der Waals surface area contributed by atoms with Crippen LogP contribution >= 0.6 is 0 Å². The second kappa shape index (κ2) is 10.9. The van der Waals surface area contributed by atoms with Gasteiger partial charge in [0, 0.05) is 56.1 Å². The Morgan fingerprint density at radius 1 is 1.12 bits per heavy atom. The highest BCUT2D eigenvalue weighted by molar-refractivity contribution is 6.12. The van der Waals surface area contributed by atoms with E-state index >= 15 is 0 Å². The van der Waals surface area contributed by atoms with Crippen LogP contribution in [0.4, 0.5) is 10.5 Å². The van der Waals surface area contributed by atoms with Gasteiger partial charge in [-0.1, -0.05) is 12.1 Å². The lowest BCUT2D eigenvalue weighted by Gasteiger charge is -2.29. The molecule has 1 saturated heterocycles. The van der Waals surface area contributed by atoms with Gasteiger partial charge >= 0.3 is 6.03 Å². The van der Waals surface area contributed by atoms with Crippen LogP contribution in [0.15, 0.2) is 36.4 Å². The number of carbonyl (C=O) groups is 1. The van der Waals surface area contributed by atoms with Crippen molar-refractivity contribution in [2.75, 3.05) is 52.3 Å². The third kappa shape index (κ3) is 5.50. The molecule has 1 atom stereocenters. The summed E-state index contributed by atoms with van der Waals surface area (Å²) in [6.45, 7) is 5.85. The van der Waals surface area contributed by atoms with Crippen molar-refractivity contribution in [2.45, 2.75) is 19.4 Å². The van der Waals surface area contributed by atoms with E-state index in [1.165, 1.54) is 5.69 Å². The number of piperazine rings is 1. The van der Waals surface area contributed by atoms with Gasteiger partial charge < -0.3 is 30.3 Å². The Balaban J connectivity index is 1.89. The summed E-state index contributed by atoms with van der Waals surface area (Å²) in [5, 5.41) is 17.8. The Kier molecular flexibility index (Phi) is 7.94. The van der Waals surface area contributed by atoms with Gasteiger partial charge in [0.2, 0.25) is 0 Å². The zero-order chi connectivity index (χ0) is 23.1. The quantitative estimate of drug-likeness (QED) is 0.474. The van der Waals surface area contributed by atoms with Crippen LogP contribution in [0.25, 0.3) is 0 Å². The van der Waals surface area contributed by atoms with Crippen LogP contribution in [-0.2, 0) is 6.42 Å². The van der Waals surface area contributed by atoms with Gasteiger partial charge in [-0.2, -0.15) is 0 Å². The Morgan fingerprint density at radius 2 is 1.75 bits per heavy atom. The van der Waals surface area contributed by atoms with E-state index in [1.54, 1.807) is 21.3 Å². The molecule has 2 amide bonds. The lowest BCUT2D eigenvalue weighted by molar-refractivity contribution is 0.240. The largest absolute Gasteiger partial charge is 0.493 e. The normalized spacial score (nSPS) is 14.4. The molecule has 0 bridgehead atoms. The van der Waals surface area contributed by atoms with Gasteiger partial charge in [0.1, 0.15) is 0 Å². The number of benzene rings is 2. The maximum atomic E-state index is 11.7. The summed E-state index contributed by atoms with van der Waals surface area (Å²) in [6, 6.07) is 11.5. The third-order valence-corrected chi connectivity index (χ3v) is 5.65. The Hall–Kier alpha value is -3.26. The number of amides is 2. The molecule has 8 nitrogen and oxygen atoms in total. The summed E-state index contributed by atoms with van der Waals surface area (Å²) < 4.78 is 11.0. The van der Waals surface area contributed by atoms with Crippen LogP contribution in [0, 0.1) is 5.41 Å². The fourth-order valence-corrected chi connectivity index (χ4v) is 3.92. The number of anilines is 1. The molecule has 2 aromatic carbocycles. The first-order chi connectivity index (χ1) is 15.5. The van der Waals surface area contributed by atoms with E-state index in [0.29, 0.717) is 23.6 Å². The predicted molar refractivity (Wildman–Crippen MR) is 128 cm³/mol. The third-order valence-electron chi connectivity index (χ3n) is 5.65. The van der Waals surface area contributed by atoms with Crippen LogP contribution < -0.4 is 30.3 Å². The van der Waals surface area contributed by atoms with Crippen molar-refractivity contribution < 1.29 is 14.3 Å². The number of nitrogens with one attached hydrogen (secondary N) is 4. The van der Waals surface area contributed by atoms with Gasteiger partial charge in [-0.15, -0.1) is 0 Å². The standard InChI is InChI=1S/C24H33N5O3/c1-16(28-24(30)26-2)13-18-14-21(31-3)22(32-4)15-20(18)23(25)17-5-7-19(8-6-17)29-11-9-27-10-12-29/h5-8,14-16,25,27H,9-13H2,1-4H3,(H2,26,28,30)/t16-/m0/s1. The number of hydrogen-bond donors (Lipinski definition) is 4. The van der Waals surface area contributed by atoms with Crippen molar-refractivity contribution in [3.05, 3.63) is 53.1 Å². The van der Waals surface area contributed by atoms with Crippen LogP contribution in [0.5, 0.6) is 11.5 Å². The van der Waals surface area contributed by atoms with Crippen LogP contribution in [0.2, 0.25) is 0 Å². The van der Waals surface area contributed by atoms with Crippen LogP contribution in [0.3, 0.4) is 0 Å². The first kappa shape index (κ1) is 23.4. The molecule has 1 heterocycles. The number of urea groups is 1. The molecule has 1 aliphatic heterocycles. The average molecular weight is 440 g/mol. The molecule has 0 aromatic heterocycles. The maximum absolute atomic E-state index is 11.7. The van der Waals surface area contributed by atoms with E-state index < -0.39 is 0 Å². The Labute approximate surface area is 189 Å². The highest BCUT2D eigenvalue weighted by Crippen LogP contribution is 2.32. The summed E-state index contributed by atoms with van der Waals surface area (Å²) in [6.07, 6.45) is 0.546. The molecule has 4 N–H and O–H groups in total. The van der Waals surface area contributed by atoms with E-state index in [1.807, 2.05) is 31.2 Å². The minimum absolute atomic E-state index is 0.130. The van der Waals surface area contributed by atoms with Gasteiger partial charge in [0.25, 0.3) is 0 Å². The molecule has 1 aliphatic rings. The summed E-state index contributed by atoms with van der Waals surface area (Å²) in [5.41, 5.74) is 4.05. The number of nitrogens with zero attached hydrogens (tertiary/aromatic N) is 1. The molecule has 0 aliphatic carbocycles. The number of carbonyl (C=O) groups excluding carboxylic acids is 1. The molecule has 172 valence electrons. The summed E-state index contributed by atoms with van der Waals surface area (Å²) in [4.78, 5) is 14.1. The maximum Gasteiger partial charge on any atom is 0.314 e. The average Bonchev–Trinajstić information content (AvgIpc) is 2.83. The summed E-state index contributed by atoms with van der Waals surface area (Å²) in [7, 11) is 4.76. The van der Waals surface area contributed by atoms with Crippen molar-refractivity contribution in [1.82, 2.24) is 16.0 Å². The fraction of sp³-hybridized carbons (Fsp3) is 0.417. The molecule has 8 heteroatoms. The lowest BCUT2D eigenvalue weighted by Crippen LogP contribution is -2.43. The topological polar surface area (TPSA) is 98.7 Å². The predicted octanol–water partition coefficient (Wildman–Crippen LogP) is 2.39. The van der Waals surface area contributed by atoms with E-state index in [2.05, 4.69) is 33.0 Å². The molecular formula is C24H33N5O3. The molecule has 32 heavy (non-hydrogen) atoms. The van der Waals surface area contributed by atoms with Crippen LogP contribution in [0.1, 0.15) is 23.6 Å². The molecule has 2 aromatic rings. The second-order valence-electron chi connectivity index (χ2n) is 7.85. The SMILES string of the molecule is CNC(=O)N[C@@H](C)Cc1cc(OC)c(OC)cc1C(=N)c1ccc(N2CCNCC2)cc1. The first-order valence-electron chi connectivity index (χ1n) is 10.8. The van der Waals surface area contributed by atoms with E-state index in [4.69, 9.17) is 14.9 Å². The minimum Gasteiger partial charge on any atom is -0.493 e. The highest BCUT2D eigenvalue weighted by Gasteiger charge is 2.19. The highest BCUT2D eigenvalue weighted by atomic mass is 16.5. The molecule has 1 fully saturated rings. The van der Waals surface area contributed by atoms with E-state index in [9.17, 15) is 4.79 Å². The first-order valence-corrected chi connectivity index (χ1v) is 10.8.